The molecule has 1 rings (SSSR count). The Balaban J connectivity index is 3.18. The van der Waals surface area contributed by atoms with Gasteiger partial charge in [-0.2, -0.15) is 0 Å². The van der Waals surface area contributed by atoms with Crippen molar-refractivity contribution in [3.05, 3.63) is 32.3 Å². The van der Waals surface area contributed by atoms with Crippen molar-refractivity contribution in [1.82, 2.24) is 4.72 Å². The van der Waals surface area contributed by atoms with Crippen LogP contribution in [0.15, 0.2) is 17.0 Å². The van der Waals surface area contributed by atoms with Gasteiger partial charge in [-0.15, -0.1) is 0 Å². The highest BCUT2D eigenvalue weighted by Gasteiger charge is 2.28. The lowest BCUT2D eigenvalue weighted by Gasteiger charge is -2.10. The fourth-order valence-corrected chi connectivity index (χ4v) is 3.18. The number of rotatable bonds is 6. The van der Waals surface area contributed by atoms with E-state index in [2.05, 4.69) is 0 Å². The molecule has 9 nitrogen and oxygen atoms in total. The number of carboxylic acid groups (broad SMARTS) is 1. The average Bonchev–Trinajstić information content (AvgIpc) is 2.35. The Bertz CT molecular complexity index is 692. The number of carboxylic acids is 1. The molecule has 1 atom stereocenters. The van der Waals surface area contributed by atoms with Gasteiger partial charge in [0.05, 0.1) is 4.92 Å². The van der Waals surface area contributed by atoms with E-state index in [-0.39, 0.29) is 5.02 Å². The van der Waals surface area contributed by atoms with Crippen molar-refractivity contribution in [2.45, 2.75) is 11.0 Å². The van der Waals surface area contributed by atoms with Crippen LogP contribution in [0.2, 0.25) is 10.0 Å². The van der Waals surface area contributed by atoms with Crippen LogP contribution >= 0.6 is 23.2 Å². The summed E-state index contributed by atoms with van der Waals surface area (Å²) in [5.74, 6) is -1.63. The highest BCUT2D eigenvalue weighted by molar-refractivity contribution is 7.89. The number of carbonyl (C=O) groups is 1. The molecule has 0 aliphatic carbocycles. The van der Waals surface area contributed by atoms with Crippen molar-refractivity contribution in [3.8, 4) is 0 Å². The molecule has 0 aliphatic rings. The minimum atomic E-state index is -4.36. The summed E-state index contributed by atoms with van der Waals surface area (Å²) < 4.78 is 25.6. The number of hydrogen-bond donors (Lipinski definition) is 3. The van der Waals surface area contributed by atoms with E-state index in [1.54, 1.807) is 4.72 Å². The number of aliphatic hydroxyl groups excluding tert-OH is 1. The van der Waals surface area contributed by atoms with Gasteiger partial charge in [0.15, 0.2) is 6.10 Å². The quantitative estimate of drug-likeness (QED) is 0.498. The van der Waals surface area contributed by atoms with E-state index in [9.17, 15) is 23.3 Å². The first kappa shape index (κ1) is 17.6. The van der Waals surface area contributed by atoms with Crippen molar-refractivity contribution in [3.63, 3.8) is 0 Å². The molecule has 0 radical (unpaired) electrons. The number of sulfonamides is 1. The fraction of sp³-hybridized carbons (Fsp3) is 0.222. The van der Waals surface area contributed by atoms with Gasteiger partial charge in [0.2, 0.25) is 10.0 Å². The summed E-state index contributed by atoms with van der Waals surface area (Å²) in [5, 5.41) is 27.2. The molecule has 0 unspecified atom stereocenters. The maximum atomic E-state index is 11.9. The Morgan fingerprint density at radius 1 is 1.43 bits per heavy atom. The molecular formula is C9H8Cl2N2O7S. The summed E-state index contributed by atoms with van der Waals surface area (Å²) in [5.41, 5.74) is -0.792. The number of nitro groups is 1. The minimum absolute atomic E-state index is 0.352. The zero-order chi connectivity index (χ0) is 16.4. The predicted octanol–water partition coefficient (Wildman–Crippen LogP) is 0.625. The highest BCUT2D eigenvalue weighted by atomic mass is 35.5. The molecule has 0 saturated carbocycles. The number of aliphatic hydroxyl groups is 1. The highest BCUT2D eigenvalue weighted by Crippen LogP contribution is 2.36. The largest absolute Gasteiger partial charge is 0.479 e. The molecule has 12 heteroatoms. The maximum Gasteiger partial charge on any atom is 0.333 e. The summed E-state index contributed by atoms with van der Waals surface area (Å²) in [4.78, 5) is 19.6. The van der Waals surface area contributed by atoms with Crippen LogP contribution in [0.1, 0.15) is 0 Å². The number of aliphatic carboxylic acids is 1. The van der Waals surface area contributed by atoms with Gasteiger partial charge in [-0.3, -0.25) is 10.1 Å². The molecule has 0 fully saturated rings. The van der Waals surface area contributed by atoms with E-state index in [0.717, 1.165) is 12.1 Å². The second-order valence-electron chi connectivity index (χ2n) is 3.67. The molecule has 21 heavy (non-hydrogen) atoms. The van der Waals surface area contributed by atoms with Gasteiger partial charge in [-0.25, -0.2) is 17.9 Å². The van der Waals surface area contributed by atoms with Gasteiger partial charge in [0, 0.05) is 6.54 Å². The van der Waals surface area contributed by atoms with Crippen LogP contribution in [0.3, 0.4) is 0 Å². The van der Waals surface area contributed by atoms with E-state index in [1.165, 1.54) is 0 Å². The monoisotopic (exact) mass is 358 g/mol. The summed E-state index contributed by atoms with van der Waals surface area (Å²) in [6.45, 7) is -0.829. The van der Waals surface area contributed by atoms with Gasteiger partial charge >= 0.3 is 11.7 Å². The molecule has 116 valence electrons. The number of nitro benzene ring substituents is 1. The molecule has 0 saturated heterocycles. The Hall–Kier alpha value is -1.46. The van der Waals surface area contributed by atoms with Gasteiger partial charge in [-0.05, 0) is 12.1 Å². The van der Waals surface area contributed by atoms with Crippen molar-refractivity contribution in [2.24, 2.45) is 0 Å². The van der Waals surface area contributed by atoms with Gasteiger partial charge in [0.1, 0.15) is 14.9 Å². The third kappa shape index (κ3) is 4.02. The lowest BCUT2D eigenvalue weighted by molar-refractivity contribution is -0.384. The SMILES string of the molecule is O=C(O)[C@@H](O)CNS(=O)(=O)c1ccc(Cl)c([N+](=O)[O-])c1Cl. The smallest absolute Gasteiger partial charge is 0.333 e. The van der Waals surface area contributed by atoms with E-state index < -0.39 is 49.2 Å². The molecule has 0 heterocycles. The first-order valence-corrected chi connectivity index (χ1v) is 7.34. The van der Waals surface area contributed by atoms with Gasteiger partial charge < -0.3 is 10.2 Å². The van der Waals surface area contributed by atoms with Crippen LogP contribution in [-0.4, -0.2) is 42.2 Å². The lowest BCUT2D eigenvalue weighted by Crippen LogP contribution is -2.36. The van der Waals surface area contributed by atoms with E-state index in [1.807, 2.05) is 0 Å². The normalized spacial score (nSPS) is 12.9. The maximum absolute atomic E-state index is 11.9. The third-order valence-electron chi connectivity index (χ3n) is 2.26. The second kappa shape index (κ2) is 6.54. The summed E-state index contributed by atoms with van der Waals surface area (Å²) in [6.07, 6.45) is -1.97. The Kier molecular flexibility index (Phi) is 5.48. The molecule has 1 aromatic rings. The van der Waals surface area contributed by atoms with Crippen molar-refractivity contribution in [1.29, 1.82) is 0 Å². The zero-order valence-electron chi connectivity index (χ0n) is 9.99. The predicted molar refractivity (Wildman–Crippen MR) is 71.9 cm³/mol. The standard InChI is InChI=1S/C9H8Cl2N2O7S/c10-4-1-2-6(7(11)8(4)13(17)18)21(19,20)12-3-5(14)9(15)16/h1-2,5,12,14H,3H2,(H,15,16)/t5-/m0/s1. The first-order valence-electron chi connectivity index (χ1n) is 5.11. The third-order valence-corrected chi connectivity index (χ3v) is 4.52. The van der Waals surface area contributed by atoms with Crippen LogP contribution in [0.4, 0.5) is 5.69 Å². The van der Waals surface area contributed by atoms with Crippen LogP contribution < -0.4 is 4.72 Å². The van der Waals surface area contributed by atoms with E-state index in [0.29, 0.717) is 0 Å². The molecule has 0 bridgehead atoms. The van der Waals surface area contributed by atoms with E-state index >= 15 is 0 Å². The van der Waals surface area contributed by atoms with Crippen LogP contribution in [0, 0.1) is 10.1 Å². The molecule has 1 aromatic carbocycles. The topological polar surface area (TPSA) is 147 Å². The summed E-state index contributed by atoms with van der Waals surface area (Å²) in [6, 6.07) is 1.89. The summed E-state index contributed by atoms with van der Waals surface area (Å²) >= 11 is 11.2. The number of halogens is 2. The molecule has 0 aromatic heterocycles. The zero-order valence-corrected chi connectivity index (χ0v) is 12.3. The Morgan fingerprint density at radius 2 is 2.00 bits per heavy atom. The lowest BCUT2D eigenvalue weighted by atomic mass is 10.3. The molecule has 0 amide bonds. The minimum Gasteiger partial charge on any atom is -0.479 e. The van der Waals surface area contributed by atoms with Gasteiger partial charge in [0.25, 0.3) is 0 Å². The van der Waals surface area contributed by atoms with Crippen LogP contribution in [0.25, 0.3) is 0 Å². The number of benzene rings is 1. The molecule has 3 N–H and O–H groups in total. The average molecular weight is 359 g/mol. The first-order chi connectivity index (χ1) is 9.58. The molecule has 0 spiro atoms. The summed E-state index contributed by atoms with van der Waals surface area (Å²) in [7, 11) is -4.36. The number of nitrogens with one attached hydrogen (secondary N) is 1. The van der Waals surface area contributed by atoms with Crippen LogP contribution in [0.5, 0.6) is 0 Å². The Morgan fingerprint density at radius 3 is 2.48 bits per heavy atom. The van der Waals surface area contributed by atoms with E-state index in [4.69, 9.17) is 33.4 Å². The fourth-order valence-electron chi connectivity index (χ4n) is 1.25. The van der Waals surface area contributed by atoms with Crippen molar-refractivity contribution < 1.29 is 28.3 Å². The number of hydrogen-bond acceptors (Lipinski definition) is 6. The van der Waals surface area contributed by atoms with Gasteiger partial charge in [-0.1, -0.05) is 23.2 Å². The second-order valence-corrected chi connectivity index (χ2v) is 6.19. The molecular weight excluding hydrogens is 351 g/mol. The van der Waals surface area contributed by atoms with Crippen LogP contribution in [-0.2, 0) is 14.8 Å². The van der Waals surface area contributed by atoms with Crippen molar-refractivity contribution in [2.75, 3.05) is 6.54 Å². The van der Waals surface area contributed by atoms with Crippen molar-refractivity contribution >= 4 is 44.9 Å². The number of nitrogens with zero attached hydrogens (tertiary/aromatic N) is 1. The Labute approximate surface area is 128 Å². The molecule has 0 aliphatic heterocycles.